The van der Waals surface area contributed by atoms with Crippen LogP contribution in [0.1, 0.15) is 23.2 Å². The molecule has 2 aromatic heterocycles. The summed E-state index contributed by atoms with van der Waals surface area (Å²) >= 11 is 0. The van der Waals surface area contributed by atoms with Crippen molar-refractivity contribution < 1.29 is 4.79 Å². The molecule has 7 nitrogen and oxygen atoms in total. The van der Waals surface area contributed by atoms with Gasteiger partial charge in [0.25, 0.3) is 5.91 Å². The van der Waals surface area contributed by atoms with Crippen molar-refractivity contribution in [2.24, 2.45) is 0 Å². The van der Waals surface area contributed by atoms with Crippen molar-refractivity contribution in [2.75, 3.05) is 23.3 Å². The average molecular weight is 449 g/mol. The molecule has 5 aromatic rings. The van der Waals surface area contributed by atoms with Crippen LogP contribution in [0.25, 0.3) is 28.1 Å². The number of amides is 1. The first-order valence-corrected chi connectivity index (χ1v) is 11.5. The lowest BCUT2D eigenvalue weighted by atomic mass is 10.1. The predicted molar refractivity (Wildman–Crippen MR) is 134 cm³/mol. The number of carbonyl (C=O) groups is 1. The van der Waals surface area contributed by atoms with Crippen molar-refractivity contribution >= 4 is 28.3 Å². The van der Waals surface area contributed by atoms with Crippen molar-refractivity contribution in [3.8, 4) is 17.1 Å². The number of hydrogen-bond donors (Lipinski definition) is 2. The van der Waals surface area contributed by atoms with Crippen molar-refractivity contribution in [3.63, 3.8) is 0 Å². The van der Waals surface area contributed by atoms with Gasteiger partial charge in [-0.2, -0.15) is 0 Å². The molecule has 3 aromatic carbocycles. The second kappa shape index (κ2) is 8.51. The second-order valence-electron chi connectivity index (χ2n) is 8.53. The van der Waals surface area contributed by atoms with E-state index in [1.807, 2.05) is 77.5 Å². The van der Waals surface area contributed by atoms with E-state index in [2.05, 4.69) is 20.2 Å². The van der Waals surface area contributed by atoms with Crippen molar-refractivity contribution in [1.82, 2.24) is 19.5 Å². The summed E-state index contributed by atoms with van der Waals surface area (Å²) in [6.45, 7) is 2.18. The van der Waals surface area contributed by atoms with E-state index in [1.54, 1.807) is 12.5 Å². The van der Waals surface area contributed by atoms with Crippen LogP contribution < -0.4 is 10.2 Å². The van der Waals surface area contributed by atoms with Gasteiger partial charge in [0.1, 0.15) is 5.82 Å². The van der Waals surface area contributed by atoms with Gasteiger partial charge in [-0.15, -0.1) is 0 Å². The first kappa shape index (κ1) is 20.2. The minimum absolute atomic E-state index is 0.127. The molecule has 0 bridgehead atoms. The molecule has 0 atom stereocenters. The molecule has 34 heavy (non-hydrogen) atoms. The fraction of sp³-hybridized carbons (Fsp3) is 0.148. The topological polar surface area (TPSA) is 78.8 Å². The zero-order valence-corrected chi connectivity index (χ0v) is 18.6. The molecule has 6 rings (SSSR count). The Bertz CT molecular complexity index is 1430. The number of benzene rings is 3. The molecule has 0 spiro atoms. The zero-order valence-electron chi connectivity index (χ0n) is 18.6. The third-order valence-electron chi connectivity index (χ3n) is 6.28. The van der Waals surface area contributed by atoms with E-state index < -0.39 is 0 Å². The number of nitrogens with zero attached hydrogens (tertiary/aromatic N) is 4. The summed E-state index contributed by atoms with van der Waals surface area (Å²) < 4.78 is 1.96. The number of imidazole rings is 2. The monoisotopic (exact) mass is 448 g/mol. The van der Waals surface area contributed by atoms with Crippen LogP contribution in [0.3, 0.4) is 0 Å². The first-order valence-electron chi connectivity index (χ1n) is 11.5. The summed E-state index contributed by atoms with van der Waals surface area (Å²) in [5.41, 5.74) is 6.29. The minimum atomic E-state index is -0.127. The maximum atomic E-state index is 12.8. The van der Waals surface area contributed by atoms with E-state index in [1.165, 1.54) is 18.5 Å². The van der Waals surface area contributed by atoms with Crippen molar-refractivity contribution in [2.45, 2.75) is 12.8 Å². The molecule has 3 heterocycles. The highest BCUT2D eigenvalue weighted by Crippen LogP contribution is 2.25. The maximum absolute atomic E-state index is 12.8. The Morgan fingerprint density at radius 1 is 0.912 bits per heavy atom. The number of nitrogens with one attached hydrogen (secondary N) is 2. The van der Waals surface area contributed by atoms with Crippen molar-refractivity contribution in [3.05, 3.63) is 91.0 Å². The van der Waals surface area contributed by atoms with Crippen LogP contribution in [0.4, 0.5) is 11.4 Å². The van der Waals surface area contributed by atoms with Gasteiger partial charge in [0, 0.05) is 53.7 Å². The SMILES string of the molecule is O=C(Nc1ccc2[nH]c(-c3ccc(-n4ccnc4)cc3)nc2c1)c1ccc(N2CCCC2)cc1. The van der Waals surface area contributed by atoms with Crippen LogP contribution in [0.5, 0.6) is 0 Å². The van der Waals surface area contributed by atoms with E-state index in [9.17, 15) is 4.79 Å². The van der Waals surface area contributed by atoms with Gasteiger partial charge in [0.15, 0.2) is 0 Å². The van der Waals surface area contributed by atoms with Gasteiger partial charge in [-0.25, -0.2) is 9.97 Å². The molecule has 7 heteroatoms. The van der Waals surface area contributed by atoms with Crippen LogP contribution in [0.2, 0.25) is 0 Å². The molecule has 1 aliphatic heterocycles. The van der Waals surface area contributed by atoms with Crippen LogP contribution in [-0.2, 0) is 0 Å². The van der Waals surface area contributed by atoms with Gasteiger partial charge in [-0.1, -0.05) is 0 Å². The van der Waals surface area contributed by atoms with Gasteiger partial charge in [0.05, 0.1) is 17.4 Å². The molecule has 0 aliphatic carbocycles. The lowest BCUT2D eigenvalue weighted by molar-refractivity contribution is 0.102. The second-order valence-corrected chi connectivity index (χ2v) is 8.53. The molecule has 2 N–H and O–H groups in total. The van der Waals surface area contributed by atoms with Gasteiger partial charge >= 0.3 is 0 Å². The Balaban J connectivity index is 1.18. The van der Waals surface area contributed by atoms with Gasteiger partial charge in [-0.3, -0.25) is 4.79 Å². The Morgan fingerprint density at radius 2 is 1.68 bits per heavy atom. The molecular formula is C27H24N6O. The van der Waals surface area contributed by atoms with Gasteiger partial charge in [0.2, 0.25) is 0 Å². The number of carbonyl (C=O) groups excluding carboxylic acids is 1. The lowest BCUT2D eigenvalue weighted by Crippen LogP contribution is -2.18. The fourth-order valence-corrected chi connectivity index (χ4v) is 4.43. The third-order valence-corrected chi connectivity index (χ3v) is 6.28. The summed E-state index contributed by atoms with van der Waals surface area (Å²) in [6.07, 6.45) is 7.90. The average Bonchev–Trinajstić information content (AvgIpc) is 3.66. The predicted octanol–water partition coefficient (Wildman–Crippen LogP) is 5.27. The molecule has 1 amide bonds. The summed E-state index contributed by atoms with van der Waals surface area (Å²) in [4.78, 5) is 27.3. The normalized spacial score (nSPS) is 13.5. The summed E-state index contributed by atoms with van der Waals surface area (Å²) in [5, 5.41) is 3.00. The quantitative estimate of drug-likeness (QED) is 0.384. The van der Waals surface area contributed by atoms with E-state index in [-0.39, 0.29) is 5.91 Å². The van der Waals surface area contributed by atoms with E-state index in [0.29, 0.717) is 5.56 Å². The van der Waals surface area contributed by atoms with Crippen LogP contribution >= 0.6 is 0 Å². The molecule has 0 radical (unpaired) electrons. The lowest BCUT2D eigenvalue weighted by Gasteiger charge is -2.17. The summed E-state index contributed by atoms with van der Waals surface area (Å²) in [7, 11) is 0. The number of anilines is 2. The Kier molecular flexibility index (Phi) is 5.07. The Hall–Kier alpha value is -4.39. The van der Waals surface area contributed by atoms with Crippen LogP contribution in [0, 0.1) is 0 Å². The van der Waals surface area contributed by atoms with Gasteiger partial charge in [-0.05, 0) is 79.6 Å². The molecule has 1 saturated heterocycles. The number of hydrogen-bond acceptors (Lipinski definition) is 4. The molecule has 168 valence electrons. The number of rotatable bonds is 5. The molecular weight excluding hydrogens is 424 g/mol. The molecule has 0 unspecified atom stereocenters. The van der Waals surface area contributed by atoms with E-state index in [0.717, 1.165) is 46.9 Å². The summed E-state index contributed by atoms with van der Waals surface area (Å²) in [6, 6.07) is 21.7. The highest BCUT2D eigenvalue weighted by Gasteiger charge is 2.14. The smallest absolute Gasteiger partial charge is 0.255 e. The molecule has 0 saturated carbocycles. The number of H-pyrrole nitrogens is 1. The number of fused-ring (bicyclic) bond motifs is 1. The zero-order chi connectivity index (χ0) is 22.9. The maximum Gasteiger partial charge on any atom is 0.255 e. The first-order chi connectivity index (χ1) is 16.7. The third kappa shape index (κ3) is 3.92. The Labute approximate surface area is 197 Å². The standard InChI is InChI=1S/C27H24N6O/c34-27(20-5-10-22(11-6-20)32-14-1-2-15-32)29-21-7-12-24-25(17-21)31-26(30-24)19-3-8-23(9-4-19)33-16-13-28-18-33/h3-13,16-18H,1-2,14-15H2,(H,29,34)(H,30,31). The van der Waals surface area contributed by atoms with Crippen molar-refractivity contribution in [1.29, 1.82) is 0 Å². The van der Waals surface area contributed by atoms with Crippen LogP contribution in [0.15, 0.2) is 85.5 Å². The number of aromatic amines is 1. The van der Waals surface area contributed by atoms with Crippen LogP contribution in [-0.4, -0.2) is 38.5 Å². The largest absolute Gasteiger partial charge is 0.372 e. The fourth-order valence-electron chi connectivity index (χ4n) is 4.43. The summed E-state index contributed by atoms with van der Waals surface area (Å²) in [5.74, 6) is 0.659. The Morgan fingerprint density at radius 3 is 2.41 bits per heavy atom. The van der Waals surface area contributed by atoms with Gasteiger partial charge < -0.3 is 19.8 Å². The highest BCUT2D eigenvalue weighted by atomic mass is 16.1. The van der Waals surface area contributed by atoms with E-state index >= 15 is 0 Å². The molecule has 1 aliphatic rings. The highest BCUT2D eigenvalue weighted by molar-refractivity contribution is 6.05. The minimum Gasteiger partial charge on any atom is -0.372 e. The number of aromatic nitrogens is 4. The van der Waals surface area contributed by atoms with E-state index in [4.69, 9.17) is 4.98 Å². The molecule has 1 fully saturated rings.